The third kappa shape index (κ3) is 5.26. The van der Waals surface area contributed by atoms with E-state index in [-0.39, 0.29) is 5.91 Å². The molecule has 0 saturated carbocycles. The van der Waals surface area contributed by atoms with Crippen molar-refractivity contribution in [2.45, 2.75) is 20.4 Å². The second kappa shape index (κ2) is 7.66. The molecule has 0 unspecified atom stereocenters. The van der Waals surface area contributed by atoms with Crippen LogP contribution in [-0.2, 0) is 11.3 Å². The predicted octanol–water partition coefficient (Wildman–Crippen LogP) is 4.28. The molecule has 2 N–H and O–H groups in total. The van der Waals surface area contributed by atoms with Crippen LogP contribution in [0, 0.1) is 6.92 Å². The van der Waals surface area contributed by atoms with Gasteiger partial charge in [-0.2, -0.15) is 0 Å². The fourth-order valence-electron chi connectivity index (χ4n) is 1.91. The lowest BCUT2D eigenvalue weighted by atomic mass is 10.1. The first-order valence-corrected chi connectivity index (χ1v) is 7.45. The zero-order valence-corrected chi connectivity index (χ0v) is 13.4. The highest BCUT2D eigenvalue weighted by Gasteiger charge is 2.00. The van der Waals surface area contributed by atoms with E-state index in [4.69, 9.17) is 11.6 Å². The summed E-state index contributed by atoms with van der Waals surface area (Å²) in [5, 5.41) is 6.66. The molecule has 0 aromatic heterocycles. The summed E-state index contributed by atoms with van der Waals surface area (Å²) in [4.78, 5) is 11.9. The monoisotopic (exact) mass is 314 g/mol. The van der Waals surface area contributed by atoms with Crippen molar-refractivity contribution in [3.63, 3.8) is 0 Å². The van der Waals surface area contributed by atoms with E-state index < -0.39 is 0 Å². The van der Waals surface area contributed by atoms with Crippen LogP contribution in [0.3, 0.4) is 0 Å². The van der Waals surface area contributed by atoms with E-state index >= 15 is 0 Å². The SMILES string of the molecule is CC(=CC(=O)Nc1ccc(Cl)cc1)NCc1ccc(C)cc1. The van der Waals surface area contributed by atoms with Crippen molar-refractivity contribution in [1.29, 1.82) is 0 Å². The van der Waals surface area contributed by atoms with Gasteiger partial charge in [0.2, 0.25) is 5.91 Å². The lowest BCUT2D eigenvalue weighted by molar-refractivity contribution is -0.112. The summed E-state index contributed by atoms with van der Waals surface area (Å²) in [6.45, 7) is 4.62. The molecule has 0 saturated heterocycles. The van der Waals surface area contributed by atoms with Crippen molar-refractivity contribution >= 4 is 23.2 Å². The van der Waals surface area contributed by atoms with Gasteiger partial charge in [0, 0.05) is 29.0 Å². The first-order valence-electron chi connectivity index (χ1n) is 7.07. The van der Waals surface area contributed by atoms with E-state index in [1.165, 1.54) is 11.1 Å². The van der Waals surface area contributed by atoms with Crippen molar-refractivity contribution in [1.82, 2.24) is 5.32 Å². The molecule has 0 atom stereocenters. The smallest absolute Gasteiger partial charge is 0.250 e. The maximum atomic E-state index is 11.9. The molecule has 0 spiro atoms. The van der Waals surface area contributed by atoms with Crippen molar-refractivity contribution in [3.05, 3.63) is 76.5 Å². The Labute approximate surface area is 136 Å². The number of anilines is 1. The Morgan fingerprint density at radius 2 is 1.73 bits per heavy atom. The molecule has 2 aromatic rings. The topological polar surface area (TPSA) is 41.1 Å². The lowest BCUT2D eigenvalue weighted by Gasteiger charge is -2.08. The minimum Gasteiger partial charge on any atom is -0.384 e. The van der Waals surface area contributed by atoms with Crippen LogP contribution in [0.5, 0.6) is 0 Å². The van der Waals surface area contributed by atoms with Gasteiger partial charge in [-0.25, -0.2) is 0 Å². The number of nitrogens with one attached hydrogen (secondary N) is 2. The van der Waals surface area contributed by atoms with E-state index in [1.54, 1.807) is 30.3 Å². The summed E-state index contributed by atoms with van der Waals surface area (Å²) in [5.74, 6) is -0.170. The minimum atomic E-state index is -0.170. The summed E-state index contributed by atoms with van der Waals surface area (Å²) in [7, 11) is 0. The number of carbonyl (C=O) groups excluding carboxylic acids is 1. The number of hydrogen-bond donors (Lipinski definition) is 2. The van der Waals surface area contributed by atoms with Gasteiger partial charge < -0.3 is 10.6 Å². The molecule has 2 aromatic carbocycles. The molecule has 3 nitrogen and oxygen atoms in total. The largest absolute Gasteiger partial charge is 0.384 e. The number of benzene rings is 2. The number of carbonyl (C=O) groups is 1. The van der Waals surface area contributed by atoms with Gasteiger partial charge in [0.1, 0.15) is 0 Å². The summed E-state index contributed by atoms with van der Waals surface area (Å²) in [5.41, 5.74) is 3.94. The Morgan fingerprint density at radius 3 is 2.36 bits per heavy atom. The first kappa shape index (κ1) is 16.1. The van der Waals surface area contributed by atoms with Crippen LogP contribution in [-0.4, -0.2) is 5.91 Å². The number of allylic oxidation sites excluding steroid dienone is 1. The number of halogens is 1. The van der Waals surface area contributed by atoms with E-state index in [2.05, 4.69) is 41.8 Å². The van der Waals surface area contributed by atoms with Crippen LogP contribution >= 0.6 is 11.6 Å². The molecular formula is C18H19ClN2O. The number of rotatable bonds is 5. The maximum absolute atomic E-state index is 11.9. The van der Waals surface area contributed by atoms with Crippen LogP contribution in [0.25, 0.3) is 0 Å². The van der Waals surface area contributed by atoms with Gasteiger partial charge in [-0.15, -0.1) is 0 Å². The Hall–Kier alpha value is -2.26. The molecule has 2 rings (SSSR count). The molecule has 1 amide bonds. The highest BCUT2D eigenvalue weighted by atomic mass is 35.5. The van der Waals surface area contributed by atoms with Crippen LogP contribution in [0.1, 0.15) is 18.1 Å². The van der Waals surface area contributed by atoms with Gasteiger partial charge in [0.05, 0.1) is 0 Å². The van der Waals surface area contributed by atoms with Gasteiger partial charge in [-0.1, -0.05) is 41.4 Å². The number of aryl methyl sites for hydroxylation is 1. The molecule has 4 heteroatoms. The van der Waals surface area contributed by atoms with Crippen LogP contribution < -0.4 is 10.6 Å². The van der Waals surface area contributed by atoms with Crippen molar-refractivity contribution in [2.24, 2.45) is 0 Å². The van der Waals surface area contributed by atoms with Gasteiger partial charge in [0.25, 0.3) is 0 Å². The molecule has 114 valence electrons. The normalized spacial score (nSPS) is 11.1. The third-order valence-corrected chi connectivity index (χ3v) is 3.40. The fourth-order valence-corrected chi connectivity index (χ4v) is 2.03. The van der Waals surface area contributed by atoms with Crippen molar-refractivity contribution < 1.29 is 4.79 Å². The Kier molecular flexibility index (Phi) is 5.61. The van der Waals surface area contributed by atoms with Gasteiger partial charge in [-0.05, 0) is 43.7 Å². The van der Waals surface area contributed by atoms with Gasteiger partial charge in [0.15, 0.2) is 0 Å². The molecule has 0 bridgehead atoms. The Bertz CT molecular complexity index is 660. The molecular weight excluding hydrogens is 296 g/mol. The van der Waals surface area contributed by atoms with E-state index in [0.29, 0.717) is 11.6 Å². The van der Waals surface area contributed by atoms with Gasteiger partial charge in [-0.3, -0.25) is 4.79 Å². The standard InChI is InChI=1S/C18H19ClN2O/c1-13-3-5-15(6-4-13)12-20-14(2)11-18(22)21-17-9-7-16(19)8-10-17/h3-11,20H,12H2,1-2H3,(H,21,22). The average molecular weight is 315 g/mol. The fraction of sp³-hybridized carbons (Fsp3) is 0.167. The number of hydrogen-bond acceptors (Lipinski definition) is 2. The number of amides is 1. The molecule has 0 aliphatic carbocycles. The molecule has 22 heavy (non-hydrogen) atoms. The maximum Gasteiger partial charge on any atom is 0.250 e. The van der Waals surface area contributed by atoms with Crippen LogP contribution in [0.15, 0.2) is 60.3 Å². The summed E-state index contributed by atoms with van der Waals surface area (Å²) < 4.78 is 0. The minimum absolute atomic E-state index is 0.170. The predicted molar refractivity (Wildman–Crippen MR) is 91.9 cm³/mol. The summed E-state index contributed by atoms with van der Waals surface area (Å²) in [6.07, 6.45) is 1.54. The van der Waals surface area contributed by atoms with Gasteiger partial charge >= 0.3 is 0 Å². The van der Waals surface area contributed by atoms with E-state index in [0.717, 1.165) is 11.4 Å². The lowest BCUT2D eigenvalue weighted by Crippen LogP contribution is -2.15. The summed E-state index contributed by atoms with van der Waals surface area (Å²) >= 11 is 5.81. The molecule has 0 radical (unpaired) electrons. The Morgan fingerprint density at radius 1 is 1.09 bits per heavy atom. The molecule has 0 heterocycles. The highest BCUT2D eigenvalue weighted by molar-refractivity contribution is 6.30. The van der Waals surface area contributed by atoms with Crippen LogP contribution in [0.2, 0.25) is 5.02 Å². The second-order valence-corrected chi connectivity index (χ2v) is 5.60. The Balaban J connectivity index is 1.86. The second-order valence-electron chi connectivity index (χ2n) is 5.16. The highest BCUT2D eigenvalue weighted by Crippen LogP contribution is 2.13. The van der Waals surface area contributed by atoms with E-state index in [9.17, 15) is 4.79 Å². The zero-order chi connectivity index (χ0) is 15.9. The van der Waals surface area contributed by atoms with E-state index in [1.807, 2.05) is 6.92 Å². The first-order chi connectivity index (χ1) is 10.5. The average Bonchev–Trinajstić information content (AvgIpc) is 2.49. The molecule has 0 fully saturated rings. The van der Waals surface area contributed by atoms with Crippen molar-refractivity contribution in [2.75, 3.05) is 5.32 Å². The quantitative estimate of drug-likeness (QED) is 0.809. The zero-order valence-electron chi connectivity index (χ0n) is 12.7. The third-order valence-electron chi connectivity index (χ3n) is 3.15. The van der Waals surface area contributed by atoms with Crippen LogP contribution in [0.4, 0.5) is 5.69 Å². The van der Waals surface area contributed by atoms with Crippen molar-refractivity contribution in [3.8, 4) is 0 Å². The molecule has 0 aliphatic rings. The summed E-state index contributed by atoms with van der Waals surface area (Å²) in [6, 6.07) is 15.3. The molecule has 0 aliphatic heterocycles.